The third-order valence-corrected chi connectivity index (χ3v) is 1.75. The summed E-state index contributed by atoms with van der Waals surface area (Å²) in [6.07, 6.45) is 1.49. The smallest absolute Gasteiger partial charge is 0.233 e. The molecule has 0 aliphatic carbocycles. The van der Waals surface area contributed by atoms with E-state index in [1.807, 2.05) is 14.0 Å². The summed E-state index contributed by atoms with van der Waals surface area (Å²) in [6.45, 7) is 3.40. The Kier molecular flexibility index (Phi) is 4.06. The van der Waals surface area contributed by atoms with Crippen molar-refractivity contribution in [3.63, 3.8) is 0 Å². The quantitative estimate of drug-likeness (QED) is 0.638. The highest BCUT2D eigenvalue weighted by Gasteiger charge is 2.01. The Morgan fingerprint density at radius 3 is 3.00 bits per heavy atom. The van der Waals surface area contributed by atoms with E-state index < -0.39 is 0 Å². The van der Waals surface area contributed by atoms with Crippen LogP contribution in [0.1, 0.15) is 12.7 Å². The second-order valence-corrected chi connectivity index (χ2v) is 2.86. The second kappa shape index (κ2) is 5.33. The summed E-state index contributed by atoms with van der Waals surface area (Å²) in [6, 6.07) is 0. The van der Waals surface area contributed by atoms with Crippen LogP contribution >= 0.6 is 0 Å². The van der Waals surface area contributed by atoms with Gasteiger partial charge in [-0.2, -0.15) is 5.10 Å². The number of carbonyl (C=O) groups excluding carboxylic acids is 1. The predicted octanol–water partition coefficient (Wildman–Crippen LogP) is -0.959. The SMILES string of the molecule is CCNC(=O)CNCc1ncnn1C. The monoisotopic (exact) mass is 197 g/mol. The second-order valence-electron chi connectivity index (χ2n) is 2.86. The molecule has 1 aromatic rings. The van der Waals surface area contributed by atoms with Crippen molar-refractivity contribution in [2.24, 2.45) is 7.05 Å². The van der Waals surface area contributed by atoms with Crippen molar-refractivity contribution >= 4 is 5.91 Å². The van der Waals surface area contributed by atoms with Crippen molar-refractivity contribution in [1.29, 1.82) is 0 Å². The van der Waals surface area contributed by atoms with Crippen LogP contribution in [0.3, 0.4) is 0 Å². The summed E-state index contributed by atoms with van der Waals surface area (Å²) in [5, 5.41) is 9.59. The number of hydrogen-bond donors (Lipinski definition) is 2. The highest BCUT2D eigenvalue weighted by atomic mass is 16.1. The van der Waals surface area contributed by atoms with Crippen LogP contribution in [0.5, 0.6) is 0 Å². The van der Waals surface area contributed by atoms with Crippen LogP contribution in [0.25, 0.3) is 0 Å². The zero-order chi connectivity index (χ0) is 10.4. The van der Waals surface area contributed by atoms with Crippen molar-refractivity contribution in [3.05, 3.63) is 12.2 Å². The van der Waals surface area contributed by atoms with E-state index in [4.69, 9.17) is 0 Å². The molecule has 0 saturated heterocycles. The summed E-state index contributed by atoms with van der Waals surface area (Å²) in [7, 11) is 1.82. The summed E-state index contributed by atoms with van der Waals surface area (Å²) >= 11 is 0. The lowest BCUT2D eigenvalue weighted by molar-refractivity contribution is -0.120. The van der Waals surface area contributed by atoms with Crippen LogP contribution in [-0.4, -0.2) is 33.8 Å². The largest absolute Gasteiger partial charge is 0.355 e. The first-order valence-electron chi connectivity index (χ1n) is 4.54. The maximum absolute atomic E-state index is 11.0. The van der Waals surface area contributed by atoms with Crippen molar-refractivity contribution in [3.8, 4) is 0 Å². The van der Waals surface area contributed by atoms with Crippen LogP contribution < -0.4 is 10.6 Å². The molecule has 0 unspecified atom stereocenters. The van der Waals surface area contributed by atoms with E-state index in [0.717, 1.165) is 5.82 Å². The van der Waals surface area contributed by atoms with Gasteiger partial charge in [-0.3, -0.25) is 9.48 Å². The molecule has 0 radical (unpaired) electrons. The van der Waals surface area contributed by atoms with Gasteiger partial charge < -0.3 is 10.6 Å². The Morgan fingerprint density at radius 2 is 2.43 bits per heavy atom. The molecule has 6 nitrogen and oxygen atoms in total. The van der Waals surface area contributed by atoms with Crippen LogP contribution in [0.2, 0.25) is 0 Å². The lowest BCUT2D eigenvalue weighted by atomic mass is 10.5. The summed E-state index contributed by atoms with van der Waals surface area (Å²) < 4.78 is 1.67. The van der Waals surface area contributed by atoms with Crippen molar-refractivity contribution in [2.75, 3.05) is 13.1 Å². The molecule has 6 heteroatoms. The molecule has 0 fully saturated rings. The molecular formula is C8H15N5O. The van der Waals surface area contributed by atoms with Crippen LogP contribution in [-0.2, 0) is 18.4 Å². The minimum atomic E-state index is -0.00494. The molecule has 0 spiro atoms. The minimum Gasteiger partial charge on any atom is -0.355 e. The van der Waals surface area contributed by atoms with Gasteiger partial charge in [0.1, 0.15) is 12.2 Å². The predicted molar refractivity (Wildman–Crippen MR) is 51.4 cm³/mol. The Morgan fingerprint density at radius 1 is 1.64 bits per heavy atom. The standard InChI is InChI=1S/C8H15N5O/c1-3-10-8(14)5-9-4-7-11-6-12-13(7)2/h6,9H,3-5H2,1-2H3,(H,10,14). The molecule has 1 heterocycles. The Hall–Kier alpha value is -1.43. The van der Waals surface area contributed by atoms with E-state index in [1.165, 1.54) is 6.33 Å². The molecule has 0 atom stereocenters. The lowest BCUT2D eigenvalue weighted by Crippen LogP contribution is -2.33. The van der Waals surface area contributed by atoms with E-state index in [9.17, 15) is 4.79 Å². The van der Waals surface area contributed by atoms with Gasteiger partial charge in [-0.05, 0) is 6.92 Å². The highest BCUT2D eigenvalue weighted by Crippen LogP contribution is 1.88. The molecule has 0 aliphatic rings. The van der Waals surface area contributed by atoms with Crippen molar-refractivity contribution in [2.45, 2.75) is 13.5 Å². The summed E-state index contributed by atoms with van der Waals surface area (Å²) in [5.41, 5.74) is 0. The first kappa shape index (κ1) is 10.6. The number of hydrogen-bond acceptors (Lipinski definition) is 4. The maximum atomic E-state index is 11.0. The van der Waals surface area contributed by atoms with Gasteiger partial charge in [-0.1, -0.05) is 0 Å². The fraction of sp³-hybridized carbons (Fsp3) is 0.625. The number of nitrogens with one attached hydrogen (secondary N) is 2. The number of amides is 1. The zero-order valence-corrected chi connectivity index (χ0v) is 8.45. The van der Waals surface area contributed by atoms with Gasteiger partial charge in [0, 0.05) is 13.6 Å². The molecule has 2 N–H and O–H groups in total. The first-order chi connectivity index (χ1) is 6.74. The Bertz CT molecular complexity index is 296. The van der Waals surface area contributed by atoms with E-state index in [0.29, 0.717) is 19.6 Å². The fourth-order valence-electron chi connectivity index (χ4n) is 1.03. The fourth-order valence-corrected chi connectivity index (χ4v) is 1.03. The average Bonchev–Trinajstić information content (AvgIpc) is 2.52. The summed E-state index contributed by atoms with van der Waals surface area (Å²) in [5.74, 6) is 0.809. The van der Waals surface area contributed by atoms with Gasteiger partial charge in [0.05, 0.1) is 13.1 Å². The number of carbonyl (C=O) groups is 1. The molecule has 0 aromatic carbocycles. The van der Waals surface area contributed by atoms with E-state index in [2.05, 4.69) is 20.7 Å². The van der Waals surface area contributed by atoms with E-state index >= 15 is 0 Å². The third-order valence-electron chi connectivity index (χ3n) is 1.75. The molecule has 0 bridgehead atoms. The van der Waals surface area contributed by atoms with Crippen LogP contribution in [0.4, 0.5) is 0 Å². The van der Waals surface area contributed by atoms with Crippen LogP contribution in [0.15, 0.2) is 6.33 Å². The minimum absolute atomic E-state index is 0.00494. The Balaban J connectivity index is 2.22. The molecule has 1 amide bonds. The van der Waals surface area contributed by atoms with Gasteiger partial charge in [-0.25, -0.2) is 4.98 Å². The molecule has 1 aromatic heterocycles. The molecule has 1 rings (SSSR count). The number of rotatable bonds is 5. The average molecular weight is 197 g/mol. The number of aryl methyl sites for hydroxylation is 1. The maximum Gasteiger partial charge on any atom is 0.233 e. The topological polar surface area (TPSA) is 71.8 Å². The lowest BCUT2D eigenvalue weighted by Gasteiger charge is -2.03. The summed E-state index contributed by atoms with van der Waals surface area (Å²) in [4.78, 5) is 15.1. The van der Waals surface area contributed by atoms with Gasteiger partial charge in [0.15, 0.2) is 0 Å². The molecule has 14 heavy (non-hydrogen) atoms. The van der Waals surface area contributed by atoms with Crippen LogP contribution in [0, 0.1) is 0 Å². The van der Waals surface area contributed by atoms with E-state index in [-0.39, 0.29) is 5.91 Å². The third kappa shape index (κ3) is 3.14. The molecule has 78 valence electrons. The van der Waals surface area contributed by atoms with Gasteiger partial charge >= 0.3 is 0 Å². The first-order valence-corrected chi connectivity index (χ1v) is 4.54. The van der Waals surface area contributed by atoms with E-state index in [1.54, 1.807) is 4.68 Å². The number of aromatic nitrogens is 3. The molecular weight excluding hydrogens is 182 g/mol. The number of nitrogens with zero attached hydrogens (tertiary/aromatic N) is 3. The van der Waals surface area contributed by atoms with Gasteiger partial charge in [0.25, 0.3) is 0 Å². The normalized spacial score (nSPS) is 10.1. The Labute approximate surface area is 82.7 Å². The van der Waals surface area contributed by atoms with Gasteiger partial charge in [-0.15, -0.1) is 0 Å². The molecule has 0 aliphatic heterocycles. The molecule has 0 saturated carbocycles. The van der Waals surface area contributed by atoms with Gasteiger partial charge in [0.2, 0.25) is 5.91 Å². The van der Waals surface area contributed by atoms with Crippen molar-refractivity contribution < 1.29 is 4.79 Å². The highest BCUT2D eigenvalue weighted by molar-refractivity contribution is 5.77. The van der Waals surface area contributed by atoms with Crippen molar-refractivity contribution in [1.82, 2.24) is 25.4 Å². The number of likely N-dealkylation sites (N-methyl/N-ethyl adjacent to an activating group) is 1. The zero-order valence-electron chi connectivity index (χ0n) is 8.45.